The van der Waals surface area contributed by atoms with Crippen molar-refractivity contribution in [1.29, 1.82) is 0 Å². The predicted molar refractivity (Wildman–Crippen MR) is 97.9 cm³/mol. The van der Waals surface area contributed by atoms with E-state index in [2.05, 4.69) is 19.1 Å². The summed E-state index contributed by atoms with van der Waals surface area (Å²) in [5.74, 6) is 0.821. The molecule has 0 atom stereocenters. The Morgan fingerprint density at radius 1 is 1.04 bits per heavy atom. The lowest BCUT2D eigenvalue weighted by molar-refractivity contribution is 0.415. The van der Waals surface area contributed by atoms with Crippen LogP contribution in [-0.2, 0) is 0 Å². The summed E-state index contributed by atoms with van der Waals surface area (Å²) >= 11 is 0. The molecule has 0 bridgehead atoms. The van der Waals surface area contributed by atoms with Crippen LogP contribution in [0.4, 0.5) is 0 Å². The summed E-state index contributed by atoms with van der Waals surface area (Å²) in [5.41, 5.74) is 9.94. The lowest BCUT2D eigenvalue weighted by Crippen LogP contribution is -2.04. The molecule has 2 N–H and O–H groups in total. The van der Waals surface area contributed by atoms with Gasteiger partial charge in [0.05, 0.1) is 12.8 Å². The summed E-state index contributed by atoms with van der Waals surface area (Å²) in [4.78, 5) is 4.72. The molecule has 0 fully saturated rings. The minimum atomic E-state index is 0.701. The molecular formula is C20H24N2O. The molecule has 3 heteroatoms. The second kappa shape index (κ2) is 8.79. The van der Waals surface area contributed by atoms with Crippen LogP contribution in [0.25, 0.3) is 5.70 Å². The zero-order chi connectivity index (χ0) is 16.5. The first kappa shape index (κ1) is 16.8. The molecule has 0 unspecified atom stereocenters. The van der Waals surface area contributed by atoms with Crippen molar-refractivity contribution in [1.82, 2.24) is 0 Å². The molecule has 120 valence electrons. The second-order valence-corrected chi connectivity index (χ2v) is 5.31. The molecule has 0 heterocycles. The number of methoxy groups -OCH3 is 1. The number of nitrogens with two attached hydrogens (primary N) is 1. The van der Waals surface area contributed by atoms with Gasteiger partial charge in [0.1, 0.15) is 5.75 Å². The number of aliphatic imine (C=N–C) groups is 1. The van der Waals surface area contributed by atoms with E-state index in [0.717, 1.165) is 42.0 Å². The summed E-state index contributed by atoms with van der Waals surface area (Å²) in [5, 5.41) is 0. The van der Waals surface area contributed by atoms with Crippen molar-refractivity contribution in [3.05, 3.63) is 71.8 Å². The molecule has 0 saturated heterocycles. The third-order valence-corrected chi connectivity index (χ3v) is 3.58. The Morgan fingerprint density at radius 2 is 1.74 bits per heavy atom. The lowest BCUT2D eigenvalue weighted by Gasteiger charge is -2.07. The number of hydrogen-bond donors (Lipinski definition) is 1. The number of unbranched alkanes of at least 4 members (excludes halogenated alkanes) is 1. The van der Waals surface area contributed by atoms with Gasteiger partial charge in [0.15, 0.2) is 0 Å². The van der Waals surface area contributed by atoms with Gasteiger partial charge >= 0.3 is 0 Å². The van der Waals surface area contributed by atoms with Crippen LogP contribution in [0.5, 0.6) is 5.75 Å². The Labute approximate surface area is 138 Å². The second-order valence-electron chi connectivity index (χ2n) is 5.31. The Hall–Kier alpha value is -2.55. The van der Waals surface area contributed by atoms with Crippen molar-refractivity contribution < 1.29 is 4.74 Å². The molecule has 2 aromatic rings. The fourth-order valence-corrected chi connectivity index (χ4v) is 2.20. The molecule has 0 aliphatic carbocycles. The van der Waals surface area contributed by atoms with Crippen molar-refractivity contribution in [2.45, 2.75) is 19.8 Å². The van der Waals surface area contributed by atoms with Crippen molar-refractivity contribution in [3.8, 4) is 5.75 Å². The van der Waals surface area contributed by atoms with E-state index in [-0.39, 0.29) is 0 Å². The van der Waals surface area contributed by atoms with Crippen LogP contribution in [0.2, 0.25) is 0 Å². The van der Waals surface area contributed by atoms with Crippen LogP contribution in [0.3, 0.4) is 0 Å². The summed E-state index contributed by atoms with van der Waals surface area (Å²) in [6.45, 7) is 2.98. The highest BCUT2D eigenvalue weighted by atomic mass is 16.5. The topological polar surface area (TPSA) is 47.6 Å². The predicted octanol–water partition coefficient (Wildman–Crippen LogP) is 4.28. The molecule has 2 rings (SSSR count). The Morgan fingerprint density at radius 3 is 2.35 bits per heavy atom. The zero-order valence-electron chi connectivity index (χ0n) is 13.8. The summed E-state index contributed by atoms with van der Waals surface area (Å²) in [6, 6.07) is 17.9. The molecule has 2 aromatic carbocycles. The van der Waals surface area contributed by atoms with Gasteiger partial charge in [0.2, 0.25) is 0 Å². The molecule has 0 amide bonds. The highest BCUT2D eigenvalue weighted by molar-refractivity contribution is 6.12. The number of nitrogens with zero attached hydrogens (tertiary/aromatic N) is 1. The molecule has 3 nitrogen and oxygen atoms in total. The summed E-state index contributed by atoms with van der Waals surface area (Å²) in [6.07, 6.45) is 4.16. The van der Waals surface area contributed by atoms with Crippen molar-refractivity contribution in [2.75, 3.05) is 13.7 Å². The van der Waals surface area contributed by atoms with E-state index in [0.29, 0.717) is 5.70 Å². The zero-order valence-corrected chi connectivity index (χ0v) is 13.8. The highest BCUT2D eigenvalue weighted by Crippen LogP contribution is 2.16. The minimum absolute atomic E-state index is 0.701. The van der Waals surface area contributed by atoms with Crippen LogP contribution in [0, 0.1) is 0 Å². The maximum absolute atomic E-state index is 6.27. The van der Waals surface area contributed by atoms with E-state index >= 15 is 0 Å². The molecule has 0 saturated carbocycles. The molecule has 0 aliphatic rings. The fraction of sp³-hybridized carbons (Fsp3) is 0.250. The van der Waals surface area contributed by atoms with Gasteiger partial charge in [0, 0.05) is 12.2 Å². The molecular weight excluding hydrogens is 284 g/mol. The van der Waals surface area contributed by atoms with Crippen molar-refractivity contribution in [2.24, 2.45) is 10.7 Å². The van der Waals surface area contributed by atoms with E-state index in [9.17, 15) is 0 Å². The van der Waals surface area contributed by atoms with Crippen LogP contribution < -0.4 is 10.5 Å². The number of allylic oxidation sites excluding steroid dienone is 1. The van der Waals surface area contributed by atoms with E-state index in [1.807, 2.05) is 48.5 Å². The third kappa shape index (κ3) is 4.99. The summed E-state index contributed by atoms with van der Waals surface area (Å²) in [7, 11) is 1.65. The largest absolute Gasteiger partial charge is 0.497 e. The van der Waals surface area contributed by atoms with Gasteiger partial charge in [-0.05, 0) is 47.9 Å². The van der Waals surface area contributed by atoms with Gasteiger partial charge < -0.3 is 10.5 Å². The SMILES string of the molecule is CCCCN=C(/C=C(\N)c1ccc(OC)cc1)c1ccccc1. The smallest absolute Gasteiger partial charge is 0.118 e. The van der Waals surface area contributed by atoms with Gasteiger partial charge in [-0.3, -0.25) is 4.99 Å². The van der Waals surface area contributed by atoms with E-state index in [1.54, 1.807) is 7.11 Å². The number of benzene rings is 2. The Bertz CT molecular complexity index is 658. The van der Waals surface area contributed by atoms with Gasteiger partial charge in [-0.15, -0.1) is 0 Å². The van der Waals surface area contributed by atoms with Gasteiger partial charge in [-0.2, -0.15) is 0 Å². The number of rotatable bonds is 7. The monoisotopic (exact) mass is 308 g/mol. The average molecular weight is 308 g/mol. The molecule has 23 heavy (non-hydrogen) atoms. The molecule has 0 aliphatic heterocycles. The number of ether oxygens (including phenoxy) is 1. The molecule has 0 radical (unpaired) electrons. The van der Waals surface area contributed by atoms with E-state index in [1.165, 1.54) is 0 Å². The summed E-state index contributed by atoms with van der Waals surface area (Å²) < 4.78 is 5.18. The van der Waals surface area contributed by atoms with Gasteiger partial charge in [-0.25, -0.2) is 0 Å². The van der Waals surface area contributed by atoms with Crippen LogP contribution in [0.15, 0.2) is 65.7 Å². The third-order valence-electron chi connectivity index (χ3n) is 3.58. The Kier molecular flexibility index (Phi) is 6.42. The minimum Gasteiger partial charge on any atom is -0.497 e. The van der Waals surface area contributed by atoms with Crippen LogP contribution in [0.1, 0.15) is 30.9 Å². The van der Waals surface area contributed by atoms with Crippen LogP contribution in [-0.4, -0.2) is 19.4 Å². The van der Waals surface area contributed by atoms with E-state index < -0.39 is 0 Å². The van der Waals surface area contributed by atoms with E-state index in [4.69, 9.17) is 15.5 Å². The maximum Gasteiger partial charge on any atom is 0.118 e. The quantitative estimate of drug-likeness (QED) is 0.613. The molecule has 0 aromatic heterocycles. The van der Waals surface area contributed by atoms with Crippen molar-refractivity contribution >= 4 is 11.4 Å². The lowest BCUT2D eigenvalue weighted by atomic mass is 10.1. The van der Waals surface area contributed by atoms with Crippen molar-refractivity contribution in [3.63, 3.8) is 0 Å². The Balaban J connectivity index is 2.29. The fourth-order valence-electron chi connectivity index (χ4n) is 2.20. The average Bonchev–Trinajstić information content (AvgIpc) is 2.61. The molecule has 0 spiro atoms. The first-order chi connectivity index (χ1) is 11.2. The normalized spacial score (nSPS) is 12.3. The standard InChI is InChI=1S/C20H24N2O/c1-3-4-14-22-20(17-8-6-5-7-9-17)15-19(21)16-10-12-18(23-2)13-11-16/h5-13,15H,3-4,14,21H2,1-2H3/b19-15-,22-20?. The van der Waals surface area contributed by atoms with Crippen LogP contribution >= 0.6 is 0 Å². The van der Waals surface area contributed by atoms with Gasteiger partial charge in [0.25, 0.3) is 0 Å². The maximum atomic E-state index is 6.27. The first-order valence-corrected chi connectivity index (χ1v) is 7.96. The highest BCUT2D eigenvalue weighted by Gasteiger charge is 2.03. The number of hydrogen-bond acceptors (Lipinski definition) is 3. The van der Waals surface area contributed by atoms with Gasteiger partial charge in [-0.1, -0.05) is 43.7 Å². The first-order valence-electron chi connectivity index (χ1n) is 7.96.